The van der Waals surface area contributed by atoms with Crippen LogP contribution in [-0.2, 0) is 9.53 Å². The van der Waals surface area contributed by atoms with E-state index < -0.39 is 11.1 Å². The summed E-state index contributed by atoms with van der Waals surface area (Å²) >= 11 is 5.88. The molecule has 2 aliphatic rings. The number of aliphatic imine (C=N–C) groups is 1. The summed E-state index contributed by atoms with van der Waals surface area (Å²) in [5, 5.41) is 13.9. The number of nitro groups is 1. The molecule has 0 amide bonds. The summed E-state index contributed by atoms with van der Waals surface area (Å²) in [6, 6.07) is 0.157. The number of nitrogens with one attached hydrogen (secondary N) is 1. The number of nitrogens with zero attached hydrogens (tertiary/aromatic N) is 3. The minimum absolute atomic E-state index is 0.0684. The van der Waals surface area contributed by atoms with Gasteiger partial charge in [0.15, 0.2) is 11.5 Å². The fraction of sp³-hybridized carbons (Fsp3) is 0.692. The predicted octanol–water partition coefficient (Wildman–Crippen LogP) is 1.44. The molecule has 0 saturated heterocycles. The van der Waals surface area contributed by atoms with Crippen LogP contribution in [0.2, 0.25) is 0 Å². The van der Waals surface area contributed by atoms with Crippen LogP contribution in [0.4, 0.5) is 0 Å². The SMILES string of the molecule is COC(=O)CCN(C1CCCC1)C1N=C(Cl)NC=C1[N+](=O)[O-]. The number of carbonyl (C=O) groups is 1. The van der Waals surface area contributed by atoms with Gasteiger partial charge in [-0.2, -0.15) is 0 Å². The van der Waals surface area contributed by atoms with Gasteiger partial charge in [-0.25, -0.2) is 4.99 Å². The standard InChI is InChI=1S/C13H19ClN4O4/c1-22-11(19)6-7-17(9-4-2-3-5-9)12-10(18(20)21)8-15-13(14)16-12/h8-9,12H,2-7H2,1H3,(H,15,16). The third-order valence-corrected chi connectivity index (χ3v) is 4.17. The summed E-state index contributed by atoms with van der Waals surface area (Å²) in [7, 11) is 1.32. The molecule has 1 aliphatic heterocycles. The average Bonchev–Trinajstić information content (AvgIpc) is 3.01. The molecule has 2 rings (SSSR count). The quantitative estimate of drug-likeness (QED) is 0.342. The molecule has 0 radical (unpaired) electrons. The largest absolute Gasteiger partial charge is 0.469 e. The Morgan fingerprint density at radius 1 is 1.59 bits per heavy atom. The Morgan fingerprint density at radius 3 is 2.86 bits per heavy atom. The number of esters is 1. The molecule has 1 aliphatic carbocycles. The smallest absolute Gasteiger partial charge is 0.306 e. The van der Waals surface area contributed by atoms with Crippen LogP contribution in [0.15, 0.2) is 16.9 Å². The molecular formula is C13H19ClN4O4. The number of halogens is 1. The Morgan fingerprint density at radius 2 is 2.27 bits per heavy atom. The second-order valence-electron chi connectivity index (χ2n) is 5.27. The Hall–Kier alpha value is -1.67. The first-order valence-corrected chi connectivity index (χ1v) is 7.57. The first-order valence-electron chi connectivity index (χ1n) is 7.19. The molecule has 0 bridgehead atoms. The maximum atomic E-state index is 11.4. The van der Waals surface area contributed by atoms with Crippen LogP contribution < -0.4 is 5.32 Å². The highest BCUT2D eigenvalue weighted by Crippen LogP contribution is 2.29. The van der Waals surface area contributed by atoms with Gasteiger partial charge in [0.05, 0.1) is 24.7 Å². The highest BCUT2D eigenvalue weighted by Gasteiger charge is 2.38. The Kier molecular flexibility index (Phi) is 5.73. The van der Waals surface area contributed by atoms with Crippen molar-refractivity contribution in [1.82, 2.24) is 10.2 Å². The van der Waals surface area contributed by atoms with Gasteiger partial charge >= 0.3 is 11.7 Å². The van der Waals surface area contributed by atoms with Gasteiger partial charge in [0.25, 0.3) is 0 Å². The van der Waals surface area contributed by atoms with E-state index in [-0.39, 0.29) is 29.4 Å². The van der Waals surface area contributed by atoms with Crippen LogP contribution in [0.25, 0.3) is 0 Å². The second-order valence-corrected chi connectivity index (χ2v) is 5.62. The van der Waals surface area contributed by atoms with Crippen LogP contribution >= 0.6 is 11.6 Å². The van der Waals surface area contributed by atoms with Crippen LogP contribution in [0, 0.1) is 10.1 Å². The fourth-order valence-corrected chi connectivity index (χ4v) is 3.02. The summed E-state index contributed by atoms with van der Waals surface area (Å²) in [6.07, 6.45) is 4.65. The van der Waals surface area contributed by atoms with Crippen molar-refractivity contribution >= 4 is 22.9 Å². The lowest BCUT2D eigenvalue weighted by atomic mass is 10.1. The van der Waals surface area contributed by atoms with E-state index in [1.807, 2.05) is 4.90 Å². The van der Waals surface area contributed by atoms with Crippen LogP contribution in [0.5, 0.6) is 0 Å². The van der Waals surface area contributed by atoms with E-state index in [4.69, 9.17) is 11.6 Å². The van der Waals surface area contributed by atoms with Gasteiger partial charge in [-0.15, -0.1) is 0 Å². The first kappa shape index (κ1) is 16.7. The van der Waals surface area contributed by atoms with E-state index in [1.54, 1.807) is 0 Å². The number of carbonyl (C=O) groups excluding carboxylic acids is 1. The lowest BCUT2D eigenvalue weighted by Crippen LogP contribution is -2.47. The zero-order valence-electron chi connectivity index (χ0n) is 12.3. The summed E-state index contributed by atoms with van der Waals surface area (Å²) in [5.74, 6) is -0.348. The number of hydrogen-bond donors (Lipinski definition) is 1. The first-order chi connectivity index (χ1) is 10.5. The van der Waals surface area contributed by atoms with Gasteiger partial charge < -0.3 is 10.1 Å². The second kappa shape index (κ2) is 7.55. The van der Waals surface area contributed by atoms with E-state index in [0.717, 1.165) is 25.7 Å². The van der Waals surface area contributed by atoms with E-state index in [2.05, 4.69) is 15.0 Å². The molecular weight excluding hydrogens is 312 g/mol. The lowest BCUT2D eigenvalue weighted by Gasteiger charge is -2.33. The summed E-state index contributed by atoms with van der Waals surface area (Å²) in [6.45, 7) is 0.348. The van der Waals surface area contributed by atoms with Crippen molar-refractivity contribution in [3.8, 4) is 0 Å². The van der Waals surface area contributed by atoms with Gasteiger partial charge in [0.2, 0.25) is 0 Å². The van der Waals surface area contributed by atoms with Crippen molar-refractivity contribution in [1.29, 1.82) is 0 Å². The highest BCUT2D eigenvalue weighted by atomic mass is 35.5. The zero-order chi connectivity index (χ0) is 16.1. The van der Waals surface area contributed by atoms with Crippen molar-refractivity contribution in [2.75, 3.05) is 13.7 Å². The number of hydrogen-bond acceptors (Lipinski definition) is 7. The van der Waals surface area contributed by atoms with Crippen molar-refractivity contribution < 1.29 is 14.5 Å². The van der Waals surface area contributed by atoms with Gasteiger partial charge in [-0.05, 0) is 24.4 Å². The number of ether oxygens (including phenoxy) is 1. The van der Waals surface area contributed by atoms with Crippen molar-refractivity contribution in [3.05, 3.63) is 22.0 Å². The number of methoxy groups -OCH3 is 1. The van der Waals surface area contributed by atoms with Crippen LogP contribution in [0.3, 0.4) is 0 Å². The third kappa shape index (κ3) is 3.95. The van der Waals surface area contributed by atoms with Crippen LogP contribution in [-0.4, -0.2) is 46.9 Å². The summed E-state index contributed by atoms with van der Waals surface area (Å²) in [5.41, 5.74) is -0.0684. The molecule has 0 aromatic carbocycles. The zero-order valence-corrected chi connectivity index (χ0v) is 13.1. The van der Waals surface area contributed by atoms with Gasteiger partial charge in [0.1, 0.15) is 0 Å². The Labute approximate surface area is 133 Å². The summed E-state index contributed by atoms with van der Waals surface area (Å²) < 4.78 is 4.66. The van der Waals surface area contributed by atoms with Crippen molar-refractivity contribution in [3.63, 3.8) is 0 Å². The van der Waals surface area contributed by atoms with Gasteiger partial charge in [-0.1, -0.05) is 12.8 Å². The van der Waals surface area contributed by atoms with E-state index in [9.17, 15) is 14.9 Å². The molecule has 1 saturated carbocycles. The predicted molar refractivity (Wildman–Crippen MR) is 80.9 cm³/mol. The third-order valence-electron chi connectivity index (χ3n) is 3.96. The minimum atomic E-state index is -0.781. The summed E-state index contributed by atoms with van der Waals surface area (Å²) in [4.78, 5) is 28.3. The van der Waals surface area contributed by atoms with Crippen molar-refractivity contribution in [2.45, 2.75) is 44.3 Å². The number of rotatable bonds is 6. The maximum absolute atomic E-state index is 11.4. The molecule has 0 aromatic rings. The lowest BCUT2D eigenvalue weighted by molar-refractivity contribution is -0.434. The number of amidine groups is 1. The molecule has 0 aromatic heterocycles. The molecule has 22 heavy (non-hydrogen) atoms. The fourth-order valence-electron chi connectivity index (χ4n) is 2.87. The highest BCUT2D eigenvalue weighted by molar-refractivity contribution is 6.64. The molecule has 1 N–H and O–H groups in total. The molecule has 1 fully saturated rings. The molecule has 1 heterocycles. The Balaban J connectivity index is 2.21. The minimum Gasteiger partial charge on any atom is -0.469 e. The Bertz CT molecular complexity index is 502. The molecule has 1 atom stereocenters. The monoisotopic (exact) mass is 330 g/mol. The average molecular weight is 331 g/mol. The van der Waals surface area contributed by atoms with Gasteiger partial charge in [0, 0.05) is 12.6 Å². The maximum Gasteiger partial charge on any atom is 0.306 e. The molecule has 0 spiro atoms. The molecule has 8 nitrogen and oxygen atoms in total. The molecule has 1 unspecified atom stereocenters. The van der Waals surface area contributed by atoms with E-state index in [0.29, 0.717) is 6.54 Å². The van der Waals surface area contributed by atoms with E-state index in [1.165, 1.54) is 13.3 Å². The van der Waals surface area contributed by atoms with Crippen molar-refractivity contribution in [2.24, 2.45) is 4.99 Å². The topological polar surface area (TPSA) is 97.1 Å². The van der Waals surface area contributed by atoms with E-state index >= 15 is 0 Å². The van der Waals surface area contributed by atoms with Gasteiger partial charge in [-0.3, -0.25) is 19.8 Å². The molecule has 9 heteroatoms. The van der Waals surface area contributed by atoms with Crippen LogP contribution in [0.1, 0.15) is 32.1 Å². The molecule has 122 valence electrons. The normalized spacial score (nSPS) is 22.0.